The third-order valence-electron chi connectivity index (χ3n) is 3.39. The van der Waals surface area contributed by atoms with Crippen molar-refractivity contribution in [1.29, 1.82) is 0 Å². The van der Waals surface area contributed by atoms with Crippen LogP contribution in [0.3, 0.4) is 0 Å². The number of rotatable bonds is 1. The second-order valence-electron chi connectivity index (χ2n) is 4.46. The third kappa shape index (κ3) is 1.72. The number of hydrogen-bond donors (Lipinski definition) is 1. The first kappa shape index (κ1) is 10.7. The summed E-state index contributed by atoms with van der Waals surface area (Å²) in [7, 11) is 0. The zero-order chi connectivity index (χ0) is 11.8. The van der Waals surface area contributed by atoms with Crippen LogP contribution in [0, 0.1) is 11.6 Å². The summed E-state index contributed by atoms with van der Waals surface area (Å²) in [6, 6.07) is 2.83. The van der Waals surface area contributed by atoms with Gasteiger partial charge in [-0.2, -0.15) is 0 Å². The lowest BCUT2D eigenvalue weighted by molar-refractivity contribution is 0.430. The van der Waals surface area contributed by atoms with Crippen LogP contribution < -0.4 is 5.32 Å². The van der Waals surface area contributed by atoms with Gasteiger partial charge in [-0.1, -0.05) is 0 Å². The van der Waals surface area contributed by atoms with Crippen molar-refractivity contribution in [3.63, 3.8) is 0 Å². The molecule has 4 heteroatoms. The first-order valence-corrected chi connectivity index (χ1v) is 5.83. The van der Waals surface area contributed by atoms with E-state index >= 15 is 0 Å². The topological polar surface area (TPSA) is 25.2 Å². The summed E-state index contributed by atoms with van der Waals surface area (Å²) in [5, 5.41) is 3.54. The first-order chi connectivity index (χ1) is 8.27. The summed E-state index contributed by atoms with van der Waals surface area (Å²) in [6.07, 6.45) is 3.16. The molecule has 1 aromatic carbocycles. The molecule has 2 aromatic rings. The Kier molecular flexibility index (Phi) is 2.59. The molecule has 2 nitrogen and oxygen atoms in total. The van der Waals surface area contributed by atoms with Gasteiger partial charge in [0.25, 0.3) is 0 Å². The van der Waals surface area contributed by atoms with Gasteiger partial charge in [-0.3, -0.25) is 0 Å². The molecule has 1 fully saturated rings. The van der Waals surface area contributed by atoms with E-state index in [4.69, 9.17) is 4.42 Å². The van der Waals surface area contributed by atoms with E-state index in [0.29, 0.717) is 11.9 Å². The molecule has 2 heterocycles. The molecule has 90 valence electrons. The lowest BCUT2D eigenvalue weighted by atomic mass is 9.90. The molecule has 17 heavy (non-hydrogen) atoms. The predicted octanol–water partition coefficient (Wildman–Crippen LogP) is 3.18. The van der Waals surface area contributed by atoms with Gasteiger partial charge in [0, 0.05) is 24.1 Å². The molecular formula is C13H13F2NO. The molecule has 1 N–H and O–H groups in total. The zero-order valence-electron chi connectivity index (χ0n) is 9.30. The standard InChI is InChI=1S/C13H13F2NO/c14-10-6-11-9(3-5-17-11)13(15)12(10)8-2-1-4-16-7-8/h3,5-6,8,16H,1-2,4,7H2. The SMILES string of the molecule is Fc1cc2occc2c(F)c1C1CCCNC1. The molecule has 0 saturated carbocycles. The summed E-state index contributed by atoms with van der Waals surface area (Å²) in [6.45, 7) is 1.56. The fraction of sp³-hybridized carbons (Fsp3) is 0.385. The number of halogens is 2. The van der Waals surface area contributed by atoms with Crippen molar-refractivity contribution in [2.75, 3.05) is 13.1 Å². The summed E-state index contributed by atoms with van der Waals surface area (Å²) in [5.41, 5.74) is 0.471. The van der Waals surface area contributed by atoms with Crippen LogP contribution >= 0.6 is 0 Å². The lowest BCUT2D eigenvalue weighted by Crippen LogP contribution is -2.29. The van der Waals surface area contributed by atoms with Gasteiger partial charge >= 0.3 is 0 Å². The maximum atomic E-state index is 14.2. The highest BCUT2D eigenvalue weighted by Crippen LogP contribution is 2.32. The minimum absolute atomic E-state index is 0.0805. The molecule has 3 rings (SSSR count). The molecule has 0 spiro atoms. The average Bonchev–Trinajstić information content (AvgIpc) is 2.78. The van der Waals surface area contributed by atoms with Crippen LogP contribution in [0.2, 0.25) is 0 Å². The Balaban J connectivity index is 2.13. The van der Waals surface area contributed by atoms with E-state index in [-0.39, 0.29) is 17.1 Å². The van der Waals surface area contributed by atoms with Gasteiger partial charge in [0.15, 0.2) is 0 Å². The molecule has 1 atom stereocenters. The molecule has 0 amide bonds. The van der Waals surface area contributed by atoms with E-state index in [0.717, 1.165) is 19.4 Å². The van der Waals surface area contributed by atoms with Gasteiger partial charge in [-0.15, -0.1) is 0 Å². The van der Waals surface area contributed by atoms with Crippen molar-refractivity contribution < 1.29 is 13.2 Å². The fourth-order valence-corrected chi connectivity index (χ4v) is 2.53. The van der Waals surface area contributed by atoms with Crippen molar-refractivity contribution >= 4 is 11.0 Å². The maximum absolute atomic E-state index is 14.2. The Hall–Kier alpha value is -1.42. The van der Waals surface area contributed by atoms with Crippen molar-refractivity contribution in [2.24, 2.45) is 0 Å². The first-order valence-electron chi connectivity index (χ1n) is 5.83. The van der Waals surface area contributed by atoms with Crippen LogP contribution in [-0.4, -0.2) is 13.1 Å². The predicted molar refractivity (Wildman–Crippen MR) is 61.0 cm³/mol. The normalized spacial score (nSPS) is 20.9. The maximum Gasteiger partial charge on any atom is 0.140 e. The summed E-state index contributed by atoms with van der Waals surface area (Å²) in [4.78, 5) is 0. The molecule has 1 saturated heterocycles. The summed E-state index contributed by atoms with van der Waals surface area (Å²) < 4.78 is 33.2. The van der Waals surface area contributed by atoms with Crippen molar-refractivity contribution in [3.8, 4) is 0 Å². The highest BCUT2D eigenvalue weighted by Gasteiger charge is 2.24. The Labute approximate surface area is 97.6 Å². The Morgan fingerprint density at radius 3 is 3.00 bits per heavy atom. The van der Waals surface area contributed by atoms with Crippen LogP contribution in [0.15, 0.2) is 22.8 Å². The van der Waals surface area contributed by atoms with E-state index in [9.17, 15) is 8.78 Å². The van der Waals surface area contributed by atoms with E-state index in [1.165, 1.54) is 12.3 Å². The molecule has 0 bridgehead atoms. The molecular weight excluding hydrogens is 224 g/mol. The van der Waals surface area contributed by atoms with E-state index < -0.39 is 11.6 Å². The van der Waals surface area contributed by atoms with Gasteiger partial charge in [0.05, 0.1) is 11.6 Å². The number of benzene rings is 1. The highest BCUT2D eigenvalue weighted by atomic mass is 19.1. The number of furan rings is 1. The van der Waals surface area contributed by atoms with Crippen LogP contribution in [-0.2, 0) is 0 Å². The Morgan fingerprint density at radius 2 is 2.24 bits per heavy atom. The van der Waals surface area contributed by atoms with E-state index in [2.05, 4.69) is 5.32 Å². The fourth-order valence-electron chi connectivity index (χ4n) is 2.53. The second kappa shape index (κ2) is 4.11. The van der Waals surface area contributed by atoms with Gasteiger partial charge in [-0.05, 0) is 25.5 Å². The van der Waals surface area contributed by atoms with Gasteiger partial charge in [0.2, 0.25) is 0 Å². The molecule has 1 aliphatic rings. The van der Waals surface area contributed by atoms with Crippen LogP contribution in [0.1, 0.15) is 24.3 Å². The highest BCUT2D eigenvalue weighted by molar-refractivity contribution is 5.79. The van der Waals surface area contributed by atoms with Crippen molar-refractivity contribution in [2.45, 2.75) is 18.8 Å². The Morgan fingerprint density at radius 1 is 1.35 bits per heavy atom. The van der Waals surface area contributed by atoms with Gasteiger partial charge < -0.3 is 9.73 Å². The Bertz CT molecular complexity index is 544. The lowest BCUT2D eigenvalue weighted by Gasteiger charge is -2.24. The van der Waals surface area contributed by atoms with Crippen molar-refractivity contribution in [1.82, 2.24) is 5.32 Å². The monoisotopic (exact) mass is 237 g/mol. The summed E-state index contributed by atoms with van der Waals surface area (Å²) >= 11 is 0. The van der Waals surface area contributed by atoms with Gasteiger partial charge in [0.1, 0.15) is 17.2 Å². The van der Waals surface area contributed by atoms with Crippen LogP contribution in [0.4, 0.5) is 8.78 Å². The van der Waals surface area contributed by atoms with Gasteiger partial charge in [-0.25, -0.2) is 8.78 Å². The largest absolute Gasteiger partial charge is 0.464 e. The number of nitrogens with one attached hydrogen (secondary N) is 1. The number of fused-ring (bicyclic) bond motifs is 1. The second-order valence-corrected chi connectivity index (χ2v) is 4.46. The third-order valence-corrected chi connectivity index (χ3v) is 3.39. The summed E-state index contributed by atoms with van der Waals surface area (Å²) in [5.74, 6) is -1.05. The number of piperidine rings is 1. The zero-order valence-corrected chi connectivity index (χ0v) is 9.30. The molecule has 1 aromatic heterocycles. The average molecular weight is 237 g/mol. The molecule has 0 aliphatic carbocycles. The molecule has 0 radical (unpaired) electrons. The minimum atomic E-state index is -0.501. The molecule has 1 aliphatic heterocycles. The number of hydrogen-bond acceptors (Lipinski definition) is 2. The quantitative estimate of drug-likeness (QED) is 0.824. The van der Waals surface area contributed by atoms with E-state index in [1.807, 2.05) is 0 Å². The van der Waals surface area contributed by atoms with Crippen LogP contribution in [0.5, 0.6) is 0 Å². The minimum Gasteiger partial charge on any atom is -0.464 e. The molecule has 1 unspecified atom stereocenters. The van der Waals surface area contributed by atoms with Crippen molar-refractivity contribution in [3.05, 3.63) is 35.6 Å². The van der Waals surface area contributed by atoms with E-state index in [1.54, 1.807) is 6.07 Å². The van der Waals surface area contributed by atoms with Crippen LogP contribution in [0.25, 0.3) is 11.0 Å². The smallest absolute Gasteiger partial charge is 0.140 e.